The van der Waals surface area contributed by atoms with Gasteiger partial charge in [0.15, 0.2) is 11.0 Å². The number of anilines is 1. The summed E-state index contributed by atoms with van der Waals surface area (Å²) in [5.41, 5.74) is 2.96. The number of rotatable bonds is 7. The highest BCUT2D eigenvalue weighted by Gasteiger charge is 2.18. The largest absolute Gasteiger partial charge is 0.325 e. The first-order valence-corrected chi connectivity index (χ1v) is 11.2. The molecule has 0 aliphatic heterocycles. The van der Waals surface area contributed by atoms with Crippen molar-refractivity contribution in [3.05, 3.63) is 77.7 Å². The molecule has 0 saturated heterocycles. The summed E-state index contributed by atoms with van der Waals surface area (Å²) in [6, 6.07) is 21.9. The van der Waals surface area contributed by atoms with E-state index >= 15 is 0 Å². The average Bonchev–Trinajstić information content (AvgIpc) is 3.43. The van der Waals surface area contributed by atoms with E-state index in [1.807, 2.05) is 76.7 Å². The molecule has 0 unspecified atom stereocenters. The van der Waals surface area contributed by atoms with E-state index in [0.717, 1.165) is 34.1 Å². The van der Waals surface area contributed by atoms with Gasteiger partial charge in [0.1, 0.15) is 0 Å². The van der Waals surface area contributed by atoms with Crippen LogP contribution in [0.15, 0.2) is 77.3 Å². The molecule has 0 bridgehead atoms. The van der Waals surface area contributed by atoms with E-state index in [0.29, 0.717) is 5.16 Å². The number of carbonyl (C=O) groups excluding carboxylic acids is 1. The molecule has 29 heavy (non-hydrogen) atoms. The SMILES string of the molecule is CCc1ccccc1NC(=O)CSc1nnc(-c2cccs2)n1-c1ccccc1. The lowest BCUT2D eigenvalue weighted by atomic mass is 10.1. The standard InChI is InChI=1S/C22H20N4OS2/c1-2-16-9-6-7-12-18(16)23-20(27)15-29-22-25-24-21(19-13-8-14-28-19)26(22)17-10-4-3-5-11-17/h3-14H,2,15H2,1H3,(H,23,27). The van der Waals surface area contributed by atoms with Gasteiger partial charge in [-0.1, -0.05) is 61.2 Å². The second-order valence-electron chi connectivity index (χ2n) is 6.30. The van der Waals surface area contributed by atoms with Gasteiger partial charge in [0.25, 0.3) is 0 Å². The molecular formula is C22H20N4OS2. The Morgan fingerprint density at radius 3 is 2.59 bits per heavy atom. The highest BCUT2D eigenvalue weighted by Crippen LogP contribution is 2.30. The molecule has 0 fully saturated rings. The normalized spacial score (nSPS) is 10.8. The van der Waals surface area contributed by atoms with Crippen LogP contribution in [0.5, 0.6) is 0 Å². The van der Waals surface area contributed by atoms with Crippen LogP contribution < -0.4 is 5.32 Å². The lowest BCUT2D eigenvalue weighted by molar-refractivity contribution is -0.113. The Bertz CT molecular complexity index is 1090. The Hall–Kier alpha value is -2.90. The van der Waals surface area contributed by atoms with Crippen LogP contribution in [0.4, 0.5) is 5.69 Å². The number of thiophene rings is 1. The second-order valence-corrected chi connectivity index (χ2v) is 8.19. The van der Waals surface area contributed by atoms with E-state index in [9.17, 15) is 4.79 Å². The molecule has 0 aliphatic rings. The maximum Gasteiger partial charge on any atom is 0.234 e. The maximum absolute atomic E-state index is 12.5. The van der Waals surface area contributed by atoms with Crippen molar-refractivity contribution in [3.8, 4) is 16.4 Å². The Kier molecular flexibility index (Phi) is 6.07. The van der Waals surface area contributed by atoms with Gasteiger partial charge < -0.3 is 5.32 Å². The van der Waals surface area contributed by atoms with E-state index in [4.69, 9.17) is 0 Å². The molecule has 0 atom stereocenters. The van der Waals surface area contributed by atoms with Gasteiger partial charge in [-0.3, -0.25) is 9.36 Å². The van der Waals surface area contributed by atoms with Crippen molar-refractivity contribution in [2.75, 3.05) is 11.1 Å². The zero-order valence-electron chi connectivity index (χ0n) is 15.9. The van der Waals surface area contributed by atoms with Crippen molar-refractivity contribution >= 4 is 34.7 Å². The van der Waals surface area contributed by atoms with Gasteiger partial charge in [0, 0.05) is 11.4 Å². The summed E-state index contributed by atoms with van der Waals surface area (Å²) in [5.74, 6) is 0.981. The quantitative estimate of drug-likeness (QED) is 0.413. The lowest BCUT2D eigenvalue weighted by Gasteiger charge is -2.11. The third kappa shape index (κ3) is 4.41. The highest BCUT2D eigenvalue weighted by atomic mass is 32.2. The summed E-state index contributed by atoms with van der Waals surface area (Å²) in [4.78, 5) is 13.6. The molecular weight excluding hydrogens is 400 g/mol. The number of amides is 1. The van der Waals surface area contributed by atoms with Crippen LogP contribution in [-0.2, 0) is 11.2 Å². The first-order chi connectivity index (χ1) is 14.3. The molecule has 0 aliphatic carbocycles. The van der Waals surface area contributed by atoms with Gasteiger partial charge in [-0.15, -0.1) is 21.5 Å². The molecule has 7 heteroatoms. The minimum absolute atomic E-state index is 0.0591. The average molecular weight is 421 g/mol. The van der Waals surface area contributed by atoms with Crippen molar-refractivity contribution in [1.82, 2.24) is 14.8 Å². The number of carbonyl (C=O) groups is 1. The first kappa shape index (κ1) is 19.4. The van der Waals surface area contributed by atoms with Crippen molar-refractivity contribution in [3.63, 3.8) is 0 Å². The summed E-state index contributed by atoms with van der Waals surface area (Å²) in [5, 5.41) is 14.5. The Balaban J connectivity index is 1.55. The van der Waals surface area contributed by atoms with Crippen LogP contribution in [0.25, 0.3) is 16.4 Å². The zero-order valence-corrected chi connectivity index (χ0v) is 17.5. The van der Waals surface area contributed by atoms with Gasteiger partial charge in [-0.05, 0) is 41.6 Å². The highest BCUT2D eigenvalue weighted by molar-refractivity contribution is 7.99. The minimum atomic E-state index is -0.0591. The van der Waals surface area contributed by atoms with Crippen molar-refractivity contribution in [2.24, 2.45) is 0 Å². The fourth-order valence-electron chi connectivity index (χ4n) is 3.01. The number of hydrogen-bond donors (Lipinski definition) is 1. The molecule has 2 aromatic heterocycles. The topological polar surface area (TPSA) is 59.8 Å². The molecule has 2 aromatic carbocycles. The van der Waals surface area contributed by atoms with Gasteiger partial charge in [-0.25, -0.2) is 0 Å². The molecule has 5 nitrogen and oxygen atoms in total. The van der Waals surface area contributed by atoms with E-state index in [1.54, 1.807) is 11.3 Å². The van der Waals surface area contributed by atoms with Crippen LogP contribution in [0.2, 0.25) is 0 Å². The summed E-state index contributed by atoms with van der Waals surface area (Å²) in [6.07, 6.45) is 0.871. The van der Waals surface area contributed by atoms with Crippen LogP contribution >= 0.6 is 23.1 Å². The third-order valence-electron chi connectivity index (χ3n) is 4.39. The maximum atomic E-state index is 12.5. The Morgan fingerprint density at radius 2 is 1.83 bits per heavy atom. The molecule has 0 spiro atoms. The summed E-state index contributed by atoms with van der Waals surface area (Å²) >= 11 is 3.00. The van der Waals surface area contributed by atoms with E-state index < -0.39 is 0 Å². The summed E-state index contributed by atoms with van der Waals surface area (Å²) in [6.45, 7) is 2.08. The number of hydrogen-bond acceptors (Lipinski definition) is 5. The van der Waals surface area contributed by atoms with Crippen molar-refractivity contribution in [2.45, 2.75) is 18.5 Å². The van der Waals surface area contributed by atoms with E-state index in [-0.39, 0.29) is 11.7 Å². The smallest absolute Gasteiger partial charge is 0.234 e. The van der Waals surface area contributed by atoms with E-state index in [1.165, 1.54) is 11.8 Å². The molecule has 1 amide bonds. The summed E-state index contributed by atoms with van der Waals surface area (Å²) in [7, 11) is 0. The van der Waals surface area contributed by atoms with Crippen LogP contribution in [-0.4, -0.2) is 26.4 Å². The molecule has 4 aromatic rings. The number of aromatic nitrogens is 3. The van der Waals surface area contributed by atoms with Crippen LogP contribution in [0.1, 0.15) is 12.5 Å². The monoisotopic (exact) mass is 420 g/mol. The number of nitrogens with one attached hydrogen (secondary N) is 1. The predicted octanol–water partition coefficient (Wildman–Crippen LogP) is 5.29. The van der Waals surface area contributed by atoms with Gasteiger partial charge in [0.05, 0.1) is 10.6 Å². The number of para-hydroxylation sites is 2. The number of aryl methyl sites for hydroxylation is 1. The molecule has 2 heterocycles. The second kappa shape index (κ2) is 9.07. The van der Waals surface area contributed by atoms with Crippen molar-refractivity contribution < 1.29 is 4.79 Å². The first-order valence-electron chi connectivity index (χ1n) is 9.31. The number of thioether (sulfide) groups is 1. The van der Waals surface area contributed by atoms with Crippen LogP contribution in [0, 0.1) is 0 Å². The molecule has 0 radical (unpaired) electrons. The third-order valence-corrected chi connectivity index (χ3v) is 6.19. The van der Waals surface area contributed by atoms with E-state index in [2.05, 4.69) is 22.4 Å². The lowest BCUT2D eigenvalue weighted by Crippen LogP contribution is -2.15. The fraction of sp³-hybridized carbons (Fsp3) is 0.136. The minimum Gasteiger partial charge on any atom is -0.325 e. The van der Waals surface area contributed by atoms with Crippen LogP contribution in [0.3, 0.4) is 0 Å². The van der Waals surface area contributed by atoms with Gasteiger partial charge in [-0.2, -0.15) is 0 Å². The fourth-order valence-corrected chi connectivity index (χ4v) is 4.46. The molecule has 146 valence electrons. The predicted molar refractivity (Wildman–Crippen MR) is 120 cm³/mol. The van der Waals surface area contributed by atoms with Gasteiger partial charge >= 0.3 is 0 Å². The number of benzene rings is 2. The summed E-state index contributed by atoms with van der Waals surface area (Å²) < 4.78 is 2.00. The van der Waals surface area contributed by atoms with Gasteiger partial charge in [0.2, 0.25) is 5.91 Å². The molecule has 4 rings (SSSR count). The molecule has 1 N–H and O–H groups in total. The van der Waals surface area contributed by atoms with Crippen molar-refractivity contribution in [1.29, 1.82) is 0 Å². The molecule has 0 saturated carbocycles. The Morgan fingerprint density at radius 1 is 1.03 bits per heavy atom. The zero-order chi connectivity index (χ0) is 20.1. The number of nitrogens with zero attached hydrogens (tertiary/aromatic N) is 3. The Labute approximate surface area is 177 Å².